The maximum atomic E-state index is 12.1. The molecule has 0 aromatic rings. The summed E-state index contributed by atoms with van der Waals surface area (Å²) < 4.78 is 0. The molecule has 1 heterocycles. The van der Waals surface area contributed by atoms with Crippen LogP contribution in [0.25, 0.3) is 0 Å². The smallest absolute Gasteiger partial charge is 0.326 e. The zero-order chi connectivity index (χ0) is 13.9. The quantitative estimate of drug-likeness (QED) is 0.808. The van der Waals surface area contributed by atoms with Crippen molar-refractivity contribution >= 4 is 12.0 Å². The first-order valence-electron chi connectivity index (χ1n) is 6.59. The van der Waals surface area contributed by atoms with Crippen LogP contribution in [-0.2, 0) is 4.79 Å². The molecule has 1 aliphatic heterocycles. The number of urea groups is 1. The van der Waals surface area contributed by atoms with Crippen molar-refractivity contribution in [2.24, 2.45) is 17.8 Å². The van der Waals surface area contributed by atoms with Crippen LogP contribution < -0.4 is 5.32 Å². The molecule has 1 aliphatic rings. The van der Waals surface area contributed by atoms with Gasteiger partial charge >= 0.3 is 12.0 Å². The summed E-state index contributed by atoms with van der Waals surface area (Å²) in [4.78, 5) is 24.8. The van der Waals surface area contributed by atoms with E-state index in [-0.39, 0.29) is 11.9 Å². The lowest BCUT2D eigenvalue weighted by Crippen LogP contribution is -2.53. The first kappa shape index (κ1) is 14.8. The second kappa shape index (κ2) is 6.07. The molecule has 0 aromatic heterocycles. The van der Waals surface area contributed by atoms with Gasteiger partial charge in [0.1, 0.15) is 6.04 Å². The normalized spacial score (nSPS) is 25.9. The molecule has 5 nitrogen and oxygen atoms in total. The van der Waals surface area contributed by atoms with E-state index in [1.165, 1.54) is 0 Å². The lowest BCUT2D eigenvalue weighted by atomic mass is 9.92. The third-order valence-electron chi connectivity index (χ3n) is 3.37. The Morgan fingerprint density at radius 3 is 2.11 bits per heavy atom. The number of carbonyl (C=O) groups excluding carboxylic acids is 1. The van der Waals surface area contributed by atoms with Crippen LogP contribution in [0.1, 0.15) is 34.1 Å². The summed E-state index contributed by atoms with van der Waals surface area (Å²) in [5.74, 6) is -0.147. The largest absolute Gasteiger partial charge is 0.480 e. The fraction of sp³-hybridized carbons (Fsp3) is 0.846. The summed E-state index contributed by atoms with van der Waals surface area (Å²) >= 11 is 0. The number of carboxylic acids is 1. The third-order valence-corrected chi connectivity index (χ3v) is 3.37. The van der Waals surface area contributed by atoms with Gasteiger partial charge in [-0.25, -0.2) is 9.59 Å². The minimum absolute atomic E-state index is 0.119. The number of hydrogen-bond acceptors (Lipinski definition) is 2. The van der Waals surface area contributed by atoms with Crippen LogP contribution in [0.5, 0.6) is 0 Å². The van der Waals surface area contributed by atoms with Crippen molar-refractivity contribution in [1.29, 1.82) is 0 Å². The van der Waals surface area contributed by atoms with Gasteiger partial charge in [-0.3, -0.25) is 0 Å². The van der Waals surface area contributed by atoms with E-state index in [1.807, 2.05) is 0 Å². The zero-order valence-electron chi connectivity index (χ0n) is 11.6. The molecular formula is C13H24N2O3. The van der Waals surface area contributed by atoms with Crippen molar-refractivity contribution in [2.75, 3.05) is 13.1 Å². The van der Waals surface area contributed by atoms with Crippen LogP contribution in [0, 0.1) is 17.8 Å². The maximum absolute atomic E-state index is 12.1. The van der Waals surface area contributed by atoms with Crippen molar-refractivity contribution < 1.29 is 14.7 Å². The van der Waals surface area contributed by atoms with Gasteiger partial charge in [0.2, 0.25) is 0 Å². The molecule has 0 spiro atoms. The van der Waals surface area contributed by atoms with Crippen molar-refractivity contribution in [3.63, 3.8) is 0 Å². The monoisotopic (exact) mass is 256 g/mol. The standard InChI is InChI=1S/C13H24N2O3/c1-8(2)11(12(16)17)14-13(18)15-6-9(3)5-10(4)7-15/h8-11H,5-7H2,1-4H3,(H,14,18)(H,16,17)/t9?,10?,11-/m0/s1. The molecule has 1 rings (SSSR count). The Kier molecular flexibility index (Phi) is 4.99. The van der Waals surface area contributed by atoms with Crippen molar-refractivity contribution in [3.8, 4) is 0 Å². The van der Waals surface area contributed by atoms with E-state index in [0.717, 1.165) is 6.42 Å². The highest BCUT2D eigenvalue weighted by molar-refractivity contribution is 5.82. The molecule has 1 saturated heterocycles. The predicted molar refractivity (Wildman–Crippen MR) is 69.3 cm³/mol. The second-order valence-electron chi connectivity index (χ2n) is 5.86. The summed E-state index contributed by atoms with van der Waals surface area (Å²) in [7, 11) is 0. The molecule has 104 valence electrons. The molecule has 0 saturated carbocycles. The van der Waals surface area contributed by atoms with E-state index in [0.29, 0.717) is 24.9 Å². The zero-order valence-corrected chi connectivity index (χ0v) is 11.6. The maximum Gasteiger partial charge on any atom is 0.326 e. The Hall–Kier alpha value is -1.26. The van der Waals surface area contributed by atoms with Crippen LogP contribution in [0.15, 0.2) is 0 Å². The number of amides is 2. The lowest BCUT2D eigenvalue weighted by molar-refractivity contribution is -0.140. The van der Waals surface area contributed by atoms with Gasteiger partial charge in [-0.1, -0.05) is 27.7 Å². The average Bonchev–Trinajstić information content (AvgIpc) is 2.23. The Bertz CT molecular complexity index is 307. The first-order chi connectivity index (χ1) is 8.31. The van der Waals surface area contributed by atoms with Crippen LogP contribution in [0.3, 0.4) is 0 Å². The number of carbonyl (C=O) groups is 2. The molecule has 18 heavy (non-hydrogen) atoms. The van der Waals surface area contributed by atoms with Crippen molar-refractivity contribution in [1.82, 2.24) is 10.2 Å². The summed E-state index contributed by atoms with van der Waals surface area (Å²) in [6.45, 7) is 9.24. The van der Waals surface area contributed by atoms with E-state index in [2.05, 4.69) is 19.2 Å². The fourth-order valence-electron chi connectivity index (χ4n) is 2.57. The average molecular weight is 256 g/mol. The number of likely N-dealkylation sites (tertiary alicyclic amines) is 1. The predicted octanol–water partition coefficient (Wildman–Crippen LogP) is 1.78. The molecule has 3 atom stereocenters. The number of hydrogen-bond donors (Lipinski definition) is 2. The number of nitrogens with one attached hydrogen (secondary N) is 1. The molecule has 0 radical (unpaired) electrons. The number of nitrogens with zero attached hydrogens (tertiary/aromatic N) is 1. The molecule has 2 amide bonds. The summed E-state index contributed by atoms with van der Waals surface area (Å²) in [6, 6.07) is -1.07. The van der Waals surface area contributed by atoms with Gasteiger partial charge in [0.25, 0.3) is 0 Å². The minimum Gasteiger partial charge on any atom is -0.480 e. The van der Waals surface area contributed by atoms with E-state index >= 15 is 0 Å². The third kappa shape index (κ3) is 3.89. The molecule has 1 fully saturated rings. The molecule has 0 aromatic carbocycles. The van der Waals surface area contributed by atoms with Gasteiger partial charge < -0.3 is 15.3 Å². The highest BCUT2D eigenvalue weighted by atomic mass is 16.4. The van der Waals surface area contributed by atoms with Gasteiger partial charge in [-0.2, -0.15) is 0 Å². The Morgan fingerprint density at radius 2 is 1.72 bits per heavy atom. The van der Waals surface area contributed by atoms with E-state index < -0.39 is 12.0 Å². The van der Waals surface area contributed by atoms with Gasteiger partial charge in [-0.15, -0.1) is 0 Å². The van der Waals surface area contributed by atoms with Gasteiger partial charge in [0.05, 0.1) is 0 Å². The van der Waals surface area contributed by atoms with Crippen LogP contribution in [-0.4, -0.2) is 41.1 Å². The van der Waals surface area contributed by atoms with Crippen LogP contribution in [0.4, 0.5) is 4.79 Å². The summed E-state index contributed by atoms with van der Waals surface area (Å²) in [5, 5.41) is 11.7. The van der Waals surface area contributed by atoms with Gasteiger partial charge in [0, 0.05) is 13.1 Å². The van der Waals surface area contributed by atoms with Crippen LogP contribution in [0.2, 0.25) is 0 Å². The topological polar surface area (TPSA) is 69.6 Å². The minimum atomic E-state index is -0.976. The van der Waals surface area contributed by atoms with Crippen molar-refractivity contribution in [3.05, 3.63) is 0 Å². The van der Waals surface area contributed by atoms with Gasteiger partial charge in [-0.05, 0) is 24.2 Å². The molecule has 2 N–H and O–H groups in total. The van der Waals surface area contributed by atoms with E-state index in [4.69, 9.17) is 5.11 Å². The second-order valence-corrected chi connectivity index (χ2v) is 5.86. The Balaban J connectivity index is 2.61. The number of carboxylic acid groups (broad SMARTS) is 1. The van der Waals surface area contributed by atoms with Crippen molar-refractivity contribution in [2.45, 2.75) is 40.2 Å². The van der Waals surface area contributed by atoms with Crippen LogP contribution >= 0.6 is 0 Å². The fourth-order valence-corrected chi connectivity index (χ4v) is 2.57. The number of aliphatic carboxylic acids is 1. The summed E-state index contributed by atoms with van der Waals surface area (Å²) in [6.07, 6.45) is 1.12. The lowest BCUT2D eigenvalue weighted by Gasteiger charge is -2.35. The highest BCUT2D eigenvalue weighted by Gasteiger charge is 2.29. The first-order valence-corrected chi connectivity index (χ1v) is 6.59. The molecule has 0 bridgehead atoms. The molecule has 5 heteroatoms. The number of rotatable bonds is 3. The number of piperidine rings is 1. The Labute approximate surface area is 109 Å². The Morgan fingerprint density at radius 1 is 1.22 bits per heavy atom. The molecule has 0 aliphatic carbocycles. The van der Waals surface area contributed by atoms with E-state index in [9.17, 15) is 9.59 Å². The molecule has 2 unspecified atom stereocenters. The van der Waals surface area contributed by atoms with Gasteiger partial charge in [0.15, 0.2) is 0 Å². The highest BCUT2D eigenvalue weighted by Crippen LogP contribution is 2.21. The SMILES string of the molecule is CC1CC(C)CN(C(=O)N[C@H](C(=O)O)C(C)C)C1. The molecular weight excluding hydrogens is 232 g/mol. The summed E-state index contributed by atoms with van der Waals surface area (Å²) in [5.41, 5.74) is 0. The van der Waals surface area contributed by atoms with E-state index in [1.54, 1.807) is 18.7 Å².